The molecule has 0 aliphatic rings. The molecule has 0 saturated carbocycles. The summed E-state index contributed by atoms with van der Waals surface area (Å²) < 4.78 is 30.3. The molecule has 0 spiro atoms. The molecule has 4 nitrogen and oxygen atoms in total. The first-order chi connectivity index (χ1) is 13.7. The maximum atomic E-state index is 13.3. The second-order valence-corrected chi connectivity index (χ2v) is 7.73. The average molecular weight is 390 g/mol. The van der Waals surface area contributed by atoms with Crippen molar-refractivity contribution in [3.8, 4) is 11.5 Å². The van der Waals surface area contributed by atoms with Gasteiger partial charge < -0.3 is 9.05 Å². The van der Waals surface area contributed by atoms with E-state index in [0.717, 1.165) is 16.3 Å². The summed E-state index contributed by atoms with van der Waals surface area (Å²) in [6.07, 6.45) is 0. The van der Waals surface area contributed by atoms with Gasteiger partial charge in [0.2, 0.25) is 0 Å². The molecule has 0 aliphatic carbocycles. The van der Waals surface area contributed by atoms with Crippen LogP contribution in [0.5, 0.6) is 11.5 Å². The van der Waals surface area contributed by atoms with Crippen LogP contribution in [0.15, 0.2) is 103 Å². The Balaban J connectivity index is 1.56. The Hall–Kier alpha value is -3.07. The molecule has 4 rings (SSSR count). The molecule has 0 saturated heterocycles. The maximum Gasteiger partial charge on any atom is 0.587 e. The minimum Gasteiger partial charge on any atom is -0.395 e. The SMILES string of the molecule is O=P(OCc1ccc2ccccc2c1)(Oc1ccccc1)Oc1ccccc1. The number of rotatable bonds is 7. The van der Waals surface area contributed by atoms with E-state index in [9.17, 15) is 4.57 Å². The molecule has 4 aromatic rings. The topological polar surface area (TPSA) is 44.8 Å². The normalized spacial score (nSPS) is 11.3. The Morgan fingerprint density at radius 1 is 0.607 bits per heavy atom. The standard InChI is InChI=1S/C23H19O4P/c24-28(26-22-11-3-1-4-12-22,27-23-13-5-2-6-14-23)25-18-19-15-16-20-9-7-8-10-21(20)17-19/h1-17H,18H2. The van der Waals surface area contributed by atoms with Crippen molar-refractivity contribution in [3.63, 3.8) is 0 Å². The van der Waals surface area contributed by atoms with E-state index < -0.39 is 7.82 Å². The van der Waals surface area contributed by atoms with Gasteiger partial charge in [-0.2, -0.15) is 0 Å². The van der Waals surface area contributed by atoms with E-state index in [1.807, 2.05) is 54.6 Å². The quantitative estimate of drug-likeness (QED) is 0.333. The largest absolute Gasteiger partial charge is 0.587 e. The predicted octanol–water partition coefficient (Wildman–Crippen LogP) is 6.62. The van der Waals surface area contributed by atoms with Crippen LogP contribution < -0.4 is 9.05 Å². The summed E-state index contributed by atoms with van der Waals surface area (Å²) in [5, 5.41) is 2.22. The molecule has 0 radical (unpaired) electrons. The maximum absolute atomic E-state index is 13.3. The van der Waals surface area contributed by atoms with Crippen molar-refractivity contribution >= 4 is 18.6 Å². The van der Waals surface area contributed by atoms with Gasteiger partial charge in [0.1, 0.15) is 11.5 Å². The molecule has 0 heterocycles. The monoisotopic (exact) mass is 390 g/mol. The highest BCUT2D eigenvalue weighted by Gasteiger charge is 2.31. The van der Waals surface area contributed by atoms with Gasteiger partial charge in [0.05, 0.1) is 6.61 Å². The first-order valence-corrected chi connectivity index (χ1v) is 10.4. The van der Waals surface area contributed by atoms with Crippen molar-refractivity contribution in [3.05, 3.63) is 109 Å². The van der Waals surface area contributed by atoms with Gasteiger partial charge in [-0.3, -0.25) is 4.52 Å². The lowest BCUT2D eigenvalue weighted by atomic mass is 10.1. The first kappa shape index (κ1) is 18.3. The summed E-state index contributed by atoms with van der Waals surface area (Å²) >= 11 is 0. The van der Waals surface area contributed by atoms with Gasteiger partial charge in [0.15, 0.2) is 0 Å². The van der Waals surface area contributed by atoms with E-state index in [2.05, 4.69) is 0 Å². The lowest BCUT2D eigenvalue weighted by Crippen LogP contribution is -2.05. The van der Waals surface area contributed by atoms with Crippen LogP contribution in [0.4, 0.5) is 0 Å². The molecule has 5 heteroatoms. The number of hydrogen-bond donors (Lipinski definition) is 0. The van der Waals surface area contributed by atoms with Crippen molar-refractivity contribution in [2.45, 2.75) is 6.61 Å². The van der Waals surface area contributed by atoms with Crippen LogP contribution in [0.25, 0.3) is 10.8 Å². The fraction of sp³-hybridized carbons (Fsp3) is 0.0435. The number of fused-ring (bicyclic) bond motifs is 1. The molecule has 140 valence electrons. The van der Waals surface area contributed by atoms with Gasteiger partial charge in [-0.15, -0.1) is 0 Å². The molecule has 0 aromatic heterocycles. The van der Waals surface area contributed by atoms with Gasteiger partial charge in [-0.1, -0.05) is 72.8 Å². The Bertz CT molecular complexity index is 1050. The van der Waals surface area contributed by atoms with Crippen LogP contribution in [-0.2, 0) is 15.7 Å². The van der Waals surface area contributed by atoms with Crippen LogP contribution in [0.2, 0.25) is 0 Å². The number of benzene rings is 4. The summed E-state index contributed by atoms with van der Waals surface area (Å²) in [5.74, 6) is 0.834. The fourth-order valence-corrected chi connectivity index (χ4v) is 3.98. The van der Waals surface area contributed by atoms with Crippen molar-refractivity contribution in [2.24, 2.45) is 0 Å². The lowest BCUT2D eigenvalue weighted by Gasteiger charge is -2.19. The Labute approximate surface area is 163 Å². The fourth-order valence-electron chi connectivity index (χ4n) is 2.77. The van der Waals surface area contributed by atoms with E-state index in [0.29, 0.717) is 11.5 Å². The first-order valence-electron chi connectivity index (χ1n) is 8.92. The third-order valence-electron chi connectivity index (χ3n) is 4.12. The van der Waals surface area contributed by atoms with Crippen molar-refractivity contribution in [1.29, 1.82) is 0 Å². The van der Waals surface area contributed by atoms with Crippen LogP contribution in [0, 0.1) is 0 Å². The third-order valence-corrected chi connectivity index (χ3v) is 5.44. The molecule has 0 N–H and O–H groups in total. The Kier molecular flexibility index (Phi) is 5.43. The van der Waals surface area contributed by atoms with Crippen LogP contribution >= 0.6 is 7.82 Å². The zero-order valence-electron chi connectivity index (χ0n) is 15.1. The minimum absolute atomic E-state index is 0.0990. The van der Waals surface area contributed by atoms with Crippen molar-refractivity contribution in [2.75, 3.05) is 0 Å². The Morgan fingerprint density at radius 2 is 1.14 bits per heavy atom. The minimum atomic E-state index is -3.89. The van der Waals surface area contributed by atoms with E-state index in [4.69, 9.17) is 13.6 Å². The van der Waals surface area contributed by atoms with Crippen molar-refractivity contribution in [1.82, 2.24) is 0 Å². The number of para-hydroxylation sites is 2. The van der Waals surface area contributed by atoms with Gasteiger partial charge >= 0.3 is 7.82 Å². The second-order valence-electron chi connectivity index (χ2n) is 6.21. The molecule has 0 amide bonds. The van der Waals surface area contributed by atoms with Gasteiger partial charge in [0, 0.05) is 0 Å². The number of hydrogen-bond acceptors (Lipinski definition) is 4. The highest BCUT2D eigenvalue weighted by Crippen LogP contribution is 2.50. The molecule has 0 fully saturated rings. The summed E-state index contributed by atoms with van der Waals surface area (Å²) in [4.78, 5) is 0. The molecule has 0 unspecified atom stereocenters. The molecular weight excluding hydrogens is 371 g/mol. The van der Waals surface area contributed by atoms with Crippen LogP contribution in [0.3, 0.4) is 0 Å². The van der Waals surface area contributed by atoms with Crippen molar-refractivity contribution < 1.29 is 18.1 Å². The molecule has 28 heavy (non-hydrogen) atoms. The van der Waals surface area contributed by atoms with E-state index in [-0.39, 0.29) is 6.61 Å². The zero-order chi connectivity index (χ0) is 19.2. The van der Waals surface area contributed by atoms with E-state index >= 15 is 0 Å². The Morgan fingerprint density at radius 3 is 1.75 bits per heavy atom. The van der Waals surface area contributed by atoms with E-state index in [1.165, 1.54) is 0 Å². The highest BCUT2D eigenvalue weighted by atomic mass is 31.2. The molecule has 0 aliphatic heterocycles. The smallest absolute Gasteiger partial charge is 0.395 e. The number of phosphoric acid groups is 1. The lowest BCUT2D eigenvalue weighted by molar-refractivity contribution is 0.201. The van der Waals surface area contributed by atoms with Gasteiger partial charge in [0.25, 0.3) is 0 Å². The average Bonchev–Trinajstić information content (AvgIpc) is 2.73. The molecular formula is C23H19O4P. The zero-order valence-corrected chi connectivity index (χ0v) is 16.0. The summed E-state index contributed by atoms with van der Waals surface area (Å²) in [5.41, 5.74) is 0.882. The summed E-state index contributed by atoms with van der Waals surface area (Å²) in [6.45, 7) is 0.0990. The summed E-state index contributed by atoms with van der Waals surface area (Å²) in [6, 6.07) is 31.7. The predicted molar refractivity (Wildman–Crippen MR) is 110 cm³/mol. The second kappa shape index (κ2) is 8.30. The summed E-state index contributed by atoms with van der Waals surface area (Å²) in [7, 11) is -3.89. The van der Waals surface area contributed by atoms with Gasteiger partial charge in [-0.25, -0.2) is 4.57 Å². The van der Waals surface area contributed by atoms with Gasteiger partial charge in [-0.05, 0) is 46.7 Å². The third kappa shape index (κ3) is 4.61. The van der Waals surface area contributed by atoms with Crippen LogP contribution in [-0.4, -0.2) is 0 Å². The molecule has 4 aromatic carbocycles. The van der Waals surface area contributed by atoms with E-state index in [1.54, 1.807) is 48.5 Å². The highest BCUT2D eigenvalue weighted by molar-refractivity contribution is 7.49. The molecule has 0 bridgehead atoms. The molecule has 0 atom stereocenters. The van der Waals surface area contributed by atoms with Crippen LogP contribution in [0.1, 0.15) is 5.56 Å². The number of phosphoric ester groups is 1.